The van der Waals surface area contributed by atoms with Crippen LogP contribution in [0.5, 0.6) is 5.75 Å². The maximum Gasteiger partial charge on any atom is 0.412 e. The summed E-state index contributed by atoms with van der Waals surface area (Å²) in [6.45, 7) is 0.0773. The first-order valence-corrected chi connectivity index (χ1v) is 10.1. The number of aliphatic hydroxyl groups is 1. The van der Waals surface area contributed by atoms with E-state index < -0.39 is 24.2 Å². The van der Waals surface area contributed by atoms with E-state index in [4.69, 9.17) is 24.5 Å². The van der Waals surface area contributed by atoms with Gasteiger partial charge in [0.25, 0.3) is 5.91 Å². The normalized spacial score (nSPS) is 12.7. The van der Waals surface area contributed by atoms with Crippen LogP contribution in [-0.2, 0) is 14.3 Å². The monoisotopic (exact) mass is 444 g/mol. The molecule has 32 heavy (non-hydrogen) atoms. The summed E-state index contributed by atoms with van der Waals surface area (Å²) in [7, 11) is 1.51. The van der Waals surface area contributed by atoms with Crippen molar-refractivity contribution in [3.8, 4) is 5.75 Å². The van der Waals surface area contributed by atoms with E-state index >= 15 is 0 Å². The Kier molecular flexibility index (Phi) is 10.7. The lowest BCUT2D eigenvalue weighted by Gasteiger charge is -2.26. The molecule has 0 spiro atoms. The number of carbonyl (C=O) groups excluding carboxylic acids is 2. The molecule has 2 aromatic carbocycles. The Labute approximate surface area is 186 Å². The standard InChI is InChI=1S/C23H28N2O7/c1-30-20(9-5-6-10-21(27)25-29)22(17-11-13-19(14-12-17)31-16-15-26)32-23(28)24-18-7-3-2-4-8-18/h2-4,6-8,10-14,20,22,26,29H,5,9,15-16H2,1H3,(H,24,28)(H,25,27)/b10-6+/t20-,22-/m1/s1. The highest BCUT2D eigenvalue weighted by atomic mass is 16.6. The van der Waals surface area contributed by atoms with Gasteiger partial charge < -0.3 is 19.3 Å². The molecule has 0 fully saturated rings. The van der Waals surface area contributed by atoms with Crippen LogP contribution in [0, 0.1) is 0 Å². The third-order valence-electron chi connectivity index (χ3n) is 4.46. The van der Waals surface area contributed by atoms with Gasteiger partial charge in [-0.25, -0.2) is 10.3 Å². The van der Waals surface area contributed by atoms with E-state index in [1.807, 2.05) is 6.07 Å². The van der Waals surface area contributed by atoms with Gasteiger partial charge >= 0.3 is 6.09 Å². The molecule has 0 aliphatic heterocycles. The summed E-state index contributed by atoms with van der Waals surface area (Å²) < 4.78 is 16.7. The van der Waals surface area contributed by atoms with E-state index in [1.54, 1.807) is 54.6 Å². The van der Waals surface area contributed by atoms with E-state index in [0.717, 1.165) is 0 Å². The number of hydrogen-bond donors (Lipinski definition) is 4. The average Bonchev–Trinajstić information content (AvgIpc) is 2.82. The molecule has 0 bridgehead atoms. The Morgan fingerprint density at radius 3 is 2.44 bits per heavy atom. The quantitative estimate of drug-likeness (QED) is 0.225. The number of methoxy groups -OCH3 is 1. The number of anilines is 1. The molecule has 0 unspecified atom stereocenters. The highest BCUT2D eigenvalue weighted by molar-refractivity contribution is 5.86. The zero-order chi connectivity index (χ0) is 23.2. The SMILES string of the molecule is CO[C@H](CC/C=C/C(=O)NO)[C@H](OC(=O)Nc1ccccc1)c1ccc(OCCO)cc1. The number of hydroxylamine groups is 1. The Hall–Kier alpha value is -3.40. The topological polar surface area (TPSA) is 126 Å². The van der Waals surface area contributed by atoms with Crippen LogP contribution in [0.15, 0.2) is 66.7 Å². The van der Waals surface area contributed by atoms with Gasteiger partial charge in [0.05, 0.1) is 12.7 Å². The van der Waals surface area contributed by atoms with Crippen molar-refractivity contribution in [2.75, 3.05) is 25.6 Å². The molecule has 4 N–H and O–H groups in total. The van der Waals surface area contributed by atoms with E-state index in [2.05, 4.69) is 5.32 Å². The molecule has 0 saturated heterocycles. The summed E-state index contributed by atoms with van der Waals surface area (Å²) in [4.78, 5) is 23.7. The van der Waals surface area contributed by atoms with Crippen LogP contribution in [0.1, 0.15) is 24.5 Å². The molecule has 2 aromatic rings. The Bertz CT molecular complexity index is 856. The lowest BCUT2D eigenvalue weighted by molar-refractivity contribution is -0.124. The fraction of sp³-hybridized carbons (Fsp3) is 0.304. The summed E-state index contributed by atoms with van der Waals surface area (Å²) in [5.74, 6) is -0.0605. The molecule has 0 saturated carbocycles. The van der Waals surface area contributed by atoms with Gasteiger partial charge in [-0.05, 0) is 42.7 Å². The summed E-state index contributed by atoms with van der Waals surface area (Å²) in [5.41, 5.74) is 2.80. The number of rotatable bonds is 12. The Morgan fingerprint density at radius 1 is 1.09 bits per heavy atom. The molecule has 9 heteroatoms. The van der Waals surface area contributed by atoms with Crippen LogP contribution in [0.2, 0.25) is 0 Å². The average molecular weight is 444 g/mol. The predicted octanol–water partition coefficient (Wildman–Crippen LogP) is 3.20. The number of para-hydroxylation sites is 1. The van der Waals surface area contributed by atoms with E-state index in [9.17, 15) is 9.59 Å². The fourth-order valence-electron chi connectivity index (χ4n) is 2.94. The van der Waals surface area contributed by atoms with Crippen molar-refractivity contribution in [2.45, 2.75) is 25.0 Å². The van der Waals surface area contributed by atoms with Crippen LogP contribution in [-0.4, -0.2) is 48.7 Å². The summed E-state index contributed by atoms with van der Waals surface area (Å²) >= 11 is 0. The number of benzene rings is 2. The Balaban J connectivity index is 2.15. The van der Waals surface area contributed by atoms with Gasteiger partial charge in [0.15, 0.2) is 6.10 Å². The minimum absolute atomic E-state index is 0.0965. The maximum atomic E-state index is 12.5. The molecule has 0 aliphatic carbocycles. The van der Waals surface area contributed by atoms with Crippen molar-refractivity contribution in [3.05, 3.63) is 72.3 Å². The largest absolute Gasteiger partial charge is 0.491 e. The van der Waals surface area contributed by atoms with E-state index in [1.165, 1.54) is 18.7 Å². The third-order valence-corrected chi connectivity index (χ3v) is 4.46. The lowest BCUT2D eigenvalue weighted by atomic mass is 10.00. The van der Waals surface area contributed by atoms with Crippen LogP contribution >= 0.6 is 0 Å². The molecule has 2 amide bonds. The molecule has 9 nitrogen and oxygen atoms in total. The van der Waals surface area contributed by atoms with Crippen molar-refractivity contribution < 1.29 is 34.1 Å². The molecule has 0 aromatic heterocycles. The predicted molar refractivity (Wildman–Crippen MR) is 117 cm³/mol. The van der Waals surface area contributed by atoms with Crippen LogP contribution < -0.4 is 15.5 Å². The van der Waals surface area contributed by atoms with Gasteiger partial charge in [-0.3, -0.25) is 15.3 Å². The van der Waals surface area contributed by atoms with Crippen molar-refractivity contribution in [3.63, 3.8) is 0 Å². The van der Waals surface area contributed by atoms with E-state index in [-0.39, 0.29) is 13.2 Å². The fourth-order valence-corrected chi connectivity index (χ4v) is 2.94. The first-order valence-electron chi connectivity index (χ1n) is 10.1. The third kappa shape index (κ3) is 8.38. The van der Waals surface area contributed by atoms with Gasteiger partial charge in [0, 0.05) is 18.9 Å². The molecule has 0 radical (unpaired) electrons. The highest BCUT2D eigenvalue weighted by Crippen LogP contribution is 2.29. The molecule has 2 atom stereocenters. The first-order chi connectivity index (χ1) is 15.6. The van der Waals surface area contributed by atoms with Crippen LogP contribution in [0.3, 0.4) is 0 Å². The summed E-state index contributed by atoms with van der Waals surface area (Å²) in [5, 5.41) is 20.1. The zero-order valence-corrected chi connectivity index (χ0v) is 17.8. The van der Waals surface area contributed by atoms with Crippen LogP contribution in [0.25, 0.3) is 0 Å². The molecule has 0 aliphatic rings. The lowest BCUT2D eigenvalue weighted by Crippen LogP contribution is -2.28. The minimum atomic E-state index is -0.740. The van der Waals surface area contributed by atoms with Crippen molar-refractivity contribution in [1.82, 2.24) is 5.48 Å². The molecular weight excluding hydrogens is 416 g/mol. The van der Waals surface area contributed by atoms with E-state index in [0.29, 0.717) is 29.8 Å². The number of allylic oxidation sites excluding steroid dienone is 1. The maximum absolute atomic E-state index is 12.5. The Morgan fingerprint density at radius 2 is 1.81 bits per heavy atom. The second-order valence-electron chi connectivity index (χ2n) is 6.69. The second kappa shape index (κ2) is 13.8. The number of carbonyl (C=O) groups is 2. The number of ether oxygens (including phenoxy) is 3. The molecule has 0 heterocycles. The van der Waals surface area contributed by atoms with Crippen LogP contribution in [0.4, 0.5) is 10.5 Å². The summed E-state index contributed by atoms with van der Waals surface area (Å²) in [6.07, 6.45) is 1.79. The van der Waals surface area contributed by atoms with Gasteiger partial charge in [0.1, 0.15) is 12.4 Å². The minimum Gasteiger partial charge on any atom is -0.491 e. The van der Waals surface area contributed by atoms with Crippen molar-refractivity contribution >= 4 is 17.7 Å². The second-order valence-corrected chi connectivity index (χ2v) is 6.69. The number of amides is 2. The van der Waals surface area contributed by atoms with Gasteiger partial charge in [-0.2, -0.15) is 0 Å². The van der Waals surface area contributed by atoms with Crippen molar-refractivity contribution in [1.29, 1.82) is 0 Å². The highest BCUT2D eigenvalue weighted by Gasteiger charge is 2.27. The van der Waals surface area contributed by atoms with Gasteiger partial charge in [-0.15, -0.1) is 0 Å². The summed E-state index contributed by atoms with van der Waals surface area (Å²) in [6, 6.07) is 15.9. The smallest absolute Gasteiger partial charge is 0.412 e. The molecule has 172 valence electrons. The molecular formula is C23H28N2O7. The zero-order valence-electron chi connectivity index (χ0n) is 17.8. The number of nitrogens with one attached hydrogen (secondary N) is 2. The number of aliphatic hydroxyl groups excluding tert-OH is 1. The first kappa shape index (κ1) is 24.9. The van der Waals surface area contributed by atoms with Crippen molar-refractivity contribution in [2.24, 2.45) is 0 Å². The molecule has 2 rings (SSSR count). The van der Waals surface area contributed by atoms with Gasteiger partial charge in [-0.1, -0.05) is 36.4 Å². The van der Waals surface area contributed by atoms with Gasteiger partial charge in [0.2, 0.25) is 0 Å². The number of hydrogen-bond acceptors (Lipinski definition) is 7.